The van der Waals surface area contributed by atoms with E-state index in [1.807, 2.05) is 0 Å². The van der Waals surface area contributed by atoms with Crippen molar-refractivity contribution in [2.75, 3.05) is 6.54 Å². The summed E-state index contributed by atoms with van der Waals surface area (Å²) in [5, 5.41) is 11.3. The highest BCUT2D eigenvalue weighted by Gasteiger charge is 2.16. The van der Waals surface area contributed by atoms with Crippen LogP contribution in [0.5, 0.6) is 0 Å². The Labute approximate surface area is 99.0 Å². The van der Waals surface area contributed by atoms with Crippen LogP contribution in [0.15, 0.2) is 4.42 Å². The summed E-state index contributed by atoms with van der Waals surface area (Å²) in [6.45, 7) is 5.24. The fourth-order valence-corrected chi connectivity index (χ4v) is 1.35. The first-order chi connectivity index (χ1) is 7.91. The number of hydrogen-bond acceptors (Lipinski definition) is 4. The van der Waals surface area contributed by atoms with Gasteiger partial charge in [-0.1, -0.05) is 6.92 Å². The smallest absolute Gasteiger partial charge is 0.306 e. The molecule has 1 aromatic rings. The molecule has 6 heteroatoms. The lowest BCUT2D eigenvalue weighted by Gasteiger charge is -2.06. The molecule has 0 fully saturated rings. The van der Waals surface area contributed by atoms with E-state index in [-0.39, 0.29) is 11.7 Å². The molecule has 0 radical (unpaired) electrons. The number of nitrogens with zero attached hydrogens (tertiary/aromatic N) is 1. The van der Waals surface area contributed by atoms with Crippen LogP contribution in [0.1, 0.15) is 35.5 Å². The van der Waals surface area contributed by atoms with Crippen molar-refractivity contribution in [3.05, 3.63) is 17.3 Å². The Morgan fingerprint density at radius 3 is 2.59 bits per heavy atom. The average Bonchev–Trinajstić information content (AvgIpc) is 2.57. The van der Waals surface area contributed by atoms with Crippen LogP contribution in [-0.2, 0) is 4.79 Å². The molecule has 1 atom stereocenters. The molecule has 0 aliphatic heterocycles. The van der Waals surface area contributed by atoms with E-state index in [0.29, 0.717) is 24.6 Å². The van der Waals surface area contributed by atoms with Gasteiger partial charge in [0.1, 0.15) is 0 Å². The second-order valence-electron chi connectivity index (χ2n) is 3.93. The molecule has 0 bridgehead atoms. The van der Waals surface area contributed by atoms with Crippen LogP contribution >= 0.6 is 0 Å². The summed E-state index contributed by atoms with van der Waals surface area (Å²) < 4.78 is 5.14. The number of carboxylic acids is 1. The fraction of sp³-hybridized carbons (Fsp3) is 0.545. The normalized spacial score (nSPS) is 12.2. The minimum absolute atomic E-state index is 0.186. The summed E-state index contributed by atoms with van der Waals surface area (Å²) in [6, 6.07) is 0. The third-order valence-corrected chi connectivity index (χ3v) is 2.39. The number of carbonyl (C=O) groups is 2. The molecule has 1 rings (SSSR count). The second-order valence-corrected chi connectivity index (χ2v) is 3.93. The minimum Gasteiger partial charge on any atom is -0.481 e. The van der Waals surface area contributed by atoms with E-state index >= 15 is 0 Å². The van der Waals surface area contributed by atoms with Gasteiger partial charge >= 0.3 is 5.97 Å². The molecule has 1 amide bonds. The molecule has 0 saturated carbocycles. The summed E-state index contributed by atoms with van der Waals surface area (Å²) in [6.07, 6.45) is 0.382. The van der Waals surface area contributed by atoms with Gasteiger partial charge in [0.2, 0.25) is 5.76 Å². The minimum atomic E-state index is -0.870. The SMILES string of the molecule is Cc1nc(C)c(C(=O)NCCC(C)C(=O)O)o1. The van der Waals surface area contributed by atoms with Crippen LogP contribution in [0.3, 0.4) is 0 Å². The first-order valence-corrected chi connectivity index (χ1v) is 5.37. The number of nitrogens with one attached hydrogen (secondary N) is 1. The zero-order valence-corrected chi connectivity index (χ0v) is 10.1. The number of carbonyl (C=O) groups excluding carboxylic acids is 1. The number of aryl methyl sites for hydroxylation is 2. The monoisotopic (exact) mass is 240 g/mol. The van der Waals surface area contributed by atoms with Crippen LogP contribution in [0.2, 0.25) is 0 Å². The van der Waals surface area contributed by atoms with Crippen molar-refractivity contribution >= 4 is 11.9 Å². The summed E-state index contributed by atoms with van der Waals surface area (Å²) >= 11 is 0. The van der Waals surface area contributed by atoms with Crippen molar-refractivity contribution in [2.45, 2.75) is 27.2 Å². The summed E-state index contributed by atoms with van der Waals surface area (Å²) in [5.74, 6) is -1.09. The maximum atomic E-state index is 11.6. The van der Waals surface area contributed by atoms with Crippen LogP contribution < -0.4 is 5.32 Å². The van der Waals surface area contributed by atoms with Crippen molar-refractivity contribution in [1.29, 1.82) is 0 Å². The van der Waals surface area contributed by atoms with Crippen LogP contribution in [0, 0.1) is 19.8 Å². The zero-order chi connectivity index (χ0) is 13.0. The Bertz CT molecular complexity index is 425. The number of aliphatic carboxylic acids is 1. The lowest BCUT2D eigenvalue weighted by Crippen LogP contribution is -2.27. The number of oxazole rings is 1. The topological polar surface area (TPSA) is 92.4 Å². The Morgan fingerprint density at radius 2 is 2.12 bits per heavy atom. The van der Waals surface area contributed by atoms with Gasteiger partial charge in [-0.05, 0) is 13.3 Å². The molecule has 0 saturated heterocycles. The van der Waals surface area contributed by atoms with Gasteiger partial charge in [0.25, 0.3) is 5.91 Å². The van der Waals surface area contributed by atoms with Gasteiger partial charge in [-0.3, -0.25) is 9.59 Å². The maximum absolute atomic E-state index is 11.6. The predicted octanol–water partition coefficient (Wildman–Crippen LogP) is 1.13. The molecule has 1 unspecified atom stereocenters. The molecule has 1 aromatic heterocycles. The highest BCUT2D eigenvalue weighted by atomic mass is 16.4. The molecule has 0 aromatic carbocycles. The lowest BCUT2D eigenvalue weighted by molar-refractivity contribution is -0.141. The molecule has 17 heavy (non-hydrogen) atoms. The van der Waals surface area contributed by atoms with E-state index in [1.54, 1.807) is 20.8 Å². The summed E-state index contributed by atoms with van der Waals surface area (Å²) in [7, 11) is 0. The number of aromatic nitrogens is 1. The van der Waals surface area contributed by atoms with E-state index in [9.17, 15) is 9.59 Å². The van der Waals surface area contributed by atoms with E-state index in [1.165, 1.54) is 0 Å². The van der Waals surface area contributed by atoms with Crippen LogP contribution in [0.4, 0.5) is 0 Å². The second kappa shape index (κ2) is 5.47. The van der Waals surface area contributed by atoms with E-state index < -0.39 is 11.9 Å². The summed E-state index contributed by atoms with van der Waals surface area (Å²) in [4.78, 5) is 26.2. The zero-order valence-electron chi connectivity index (χ0n) is 10.1. The largest absolute Gasteiger partial charge is 0.481 e. The van der Waals surface area contributed by atoms with Crippen molar-refractivity contribution in [1.82, 2.24) is 10.3 Å². The number of rotatable bonds is 5. The first-order valence-electron chi connectivity index (χ1n) is 5.37. The van der Waals surface area contributed by atoms with E-state index in [2.05, 4.69) is 10.3 Å². The van der Waals surface area contributed by atoms with Gasteiger partial charge in [0.05, 0.1) is 11.6 Å². The van der Waals surface area contributed by atoms with Crippen molar-refractivity contribution in [3.63, 3.8) is 0 Å². The molecule has 2 N–H and O–H groups in total. The van der Waals surface area contributed by atoms with Crippen LogP contribution in [0.25, 0.3) is 0 Å². The van der Waals surface area contributed by atoms with E-state index in [0.717, 1.165) is 0 Å². The number of hydrogen-bond donors (Lipinski definition) is 2. The Hall–Kier alpha value is -1.85. The molecule has 6 nitrogen and oxygen atoms in total. The number of carboxylic acid groups (broad SMARTS) is 1. The fourth-order valence-electron chi connectivity index (χ4n) is 1.35. The average molecular weight is 240 g/mol. The van der Waals surface area contributed by atoms with Gasteiger partial charge in [-0.25, -0.2) is 4.98 Å². The molecule has 0 aliphatic carbocycles. The van der Waals surface area contributed by atoms with Crippen molar-refractivity contribution in [3.8, 4) is 0 Å². The summed E-state index contributed by atoms with van der Waals surface area (Å²) in [5.41, 5.74) is 0.534. The van der Waals surface area contributed by atoms with Gasteiger partial charge in [-0.15, -0.1) is 0 Å². The van der Waals surface area contributed by atoms with Crippen molar-refractivity contribution in [2.24, 2.45) is 5.92 Å². The van der Waals surface area contributed by atoms with Crippen LogP contribution in [-0.4, -0.2) is 28.5 Å². The third-order valence-electron chi connectivity index (χ3n) is 2.39. The van der Waals surface area contributed by atoms with Gasteiger partial charge in [0, 0.05) is 13.5 Å². The quantitative estimate of drug-likeness (QED) is 0.804. The van der Waals surface area contributed by atoms with Crippen molar-refractivity contribution < 1.29 is 19.1 Å². The number of amides is 1. The maximum Gasteiger partial charge on any atom is 0.306 e. The molecule has 1 heterocycles. The van der Waals surface area contributed by atoms with Gasteiger partial charge < -0.3 is 14.8 Å². The highest BCUT2D eigenvalue weighted by Crippen LogP contribution is 2.09. The third kappa shape index (κ3) is 3.58. The molecule has 94 valence electrons. The van der Waals surface area contributed by atoms with E-state index in [4.69, 9.17) is 9.52 Å². The van der Waals surface area contributed by atoms with Gasteiger partial charge in [-0.2, -0.15) is 0 Å². The van der Waals surface area contributed by atoms with Gasteiger partial charge in [0.15, 0.2) is 5.89 Å². The first kappa shape index (κ1) is 13.2. The predicted molar refractivity (Wildman–Crippen MR) is 59.7 cm³/mol. The molecule has 0 spiro atoms. The molecular formula is C11H16N2O4. The Kier molecular flexibility index (Phi) is 4.25. The highest BCUT2D eigenvalue weighted by molar-refractivity contribution is 5.92. The Morgan fingerprint density at radius 1 is 1.47 bits per heavy atom. The Balaban J connectivity index is 2.45. The molecule has 0 aliphatic rings. The lowest BCUT2D eigenvalue weighted by atomic mass is 10.1. The molecular weight excluding hydrogens is 224 g/mol. The standard InChI is InChI=1S/C11H16N2O4/c1-6(11(15)16)4-5-12-10(14)9-7(2)13-8(3)17-9/h6H,4-5H2,1-3H3,(H,12,14)(H,15,16).